The number of hydrogen-bond donors (Lipinski definition) is 2. The van der Waals surface area contributed by atoms with Crippen LogP contribution in [0.25, 0.3) is 0 Å². The van der Waals surface area contributed by atoms with E-state index in [4.69, 9.17) is 10.5 Å². The topological polar surface area (TPSA) is 64.3 Å². The van der Waals surface area contributed by atoms with E-state index in [-0.39, 0.29) is 11.9 Å². The molecule has 1 amide bonds. The third-order valence-corrected chi connectivity index (χ3v) is 4.68. The van der Waals surface area contributed by atoms with Gasteiger partial charge in [-0.1, -0.05) is 12.5 Å². The summed E-state index contributed by atoms with van der Waals surface area (Å²) in [6.07, 6.45) is 8.72. The summed E-state index contributed by atoms with van der Waals surface area (Å²) < 4.78 is 6.02. The summed E-state index contributed by atoms with van der Waals surface area (Å²) in [6.45, 7) is 0.553. The van der Waals surface area contributed by atoms with Crippen LogP contribution in [0.4, 0.5) is 0 Å². The van der Waals surface area contributed by atoms with Crippen molar-refractivity contribution in [1.29, 1.82) is 0 Å². The Morgan fingerprint density at radius 1 is 1.23 bits per heavy atom. The van der Waals surface area contributed by atoms with Crippen molar-refractivity contribution in [2.75, 3.05) is 6.54 Å². The quantitative estimate of drug-likeness (QED) is 0.849. The first kappa shape index (κ1) is 15.3. The molecule has 3 rings (SSSR count). The standard InChI is InChI=1S/C18H26N2O2/c19-17(13-9-10-13)12-20-18(21)14-5-4-8-16(11-14)22-15-6-2-1-3-7-15/h4-5,8,11,13,15,17H,1-3,6-7,9-10,12,19H2,(H,20,21). The molecule has 0 aliphatic heterocycles. The molecule has 0 aromatic heterocycles. The van der Waals surface area contributed by atoms with E-state index >= 15 is 0 Å². The van der Waals surface area contributed by atoms with Gasteiger partial charge in [0, 0.05) is 18.2 Å². The molecule has 1 atom stereocenters. The molecule has 1 unspecified atom stereocenters. The van der Waals surface area contributed by atoms with Crippen LogP contribution in [-0.2, 0) is 0 Å². The zero-order valence-electron chi connectivity index (χ0n) is 13.1. The maximum atomic E-state index is 12.2. The molecule has 2 aliphatic carbocycles. The van der Waals surface area contributed by atoms with Crippen LogP contribution in [0.15, 0.2) is 24.3 Å². The van der Waals surface area contributed by atoms with Gasteiger partial charge in [0.15, 0.2) is 0 Å². The highest BCUT2D eigenvalue weighted by Gasteiger charge is 2.28. The van der Waals surface area contributed by atoms with Crippen molar-refractivity contribution in [2.24, 2.45) is 11.7 Å². The summed E-state index contributed by atoms with van der Waals surface area (Å²) in [5, 5.41) is 2.93. The number of rotatable bonds is 6. The lowest BCUT2D eigenvalue weighted by molar-refractivity contribution is 0.0949. The number of amides is 1. The molecule has 0 bridgehead atoms. The van der Waals surface area contributed by atoms with E-state index in [9.17, 15) is 4.79 Å². The van der Waals surface area contributed by atoms with Gasteiger partial charge in [0.1, 0.15) is 5.75 Å². The molecule has 2 saturated carbocycles. The van der Waals surface area contributed by atoms with Gasteiger partial charge in [-0.05, 0) is 62.6 Å². The van der Waals surface area contributed by atoms with Gasteiger partial charge in [-0.3, -0.25) is 4.79 Å². The molecule has 0 saturated heterocycles. The largest absolute Gasteiger partial charge is 0.490 e. The first-order valence-electron chi connectivity index (χ1n) is 8.53. The van der Waals surface area contributed by atoms with E-state index in [1.807, 2.05) is 24.3 Å². The summed E-state index contributed by atoms with van der Waals surface area (Å²) in [5.74, 6) is 1.33. The first-order valence-corrected chi connectivity index (χ1v) is 8.53. The minimum atomic E-state index is -0.0646. The van der Waals surface area contributed by atoms with E-state index in [0.29, 0.717) is 24.1 Å². The van der Waals surface area contributed by atoms with Crippen LogP contribution in [0.3, 0.4) is 0 Å². The Morgan fingerprint density at radius 3 is 2.73 bits per heavy atom. The summed E-state index contributed by atoms with van der Waals surface area (Å²) in [4.78, 5) is 12.2. The molecular weight excluding hydrogens is 276 g/mol. The lowest BCUT2D eigenvalue weighted by atomic mass is 9.98. The Kier molecular flexibility index (Phi) is 4.98. The average Bonchev–Trinajstić information content (AvgIpc) is 3.38. The van der Waals surface area contributed by atoms with Gasteiger partial charge >= 0.3 is 0 Å². The van der Waals surface area contributed by atoms with Crippen LogP contribution in [0.5, 0.6) is 5.75 Å². The monoisotopic (exact) mass is 302 g/mol. The third-order valence-electron chi connectivity index (χ3n) is 4.68. The Morgan fingerprint density at radius 2 is 2.00 bits per heavy atom. The van der Waals surface area contributed by atoms with Crippen molar-refractivity contribution in [1.82, 2.24) is 5.32 Å². The highest BCUT2D eigenvalue weighted by atomic mass is 16.5. The number of carbonyl (C=O) groups is 1. The highest BCUT2D eigenvalue weighted by Crippen LogP contribution is 2.31. The Hall–Kier alpha value is -1.55. The minimum absolute atomic E-state index is 0.0646. The van der Waals surface area contributed by atoms with Crippen LogP contribution in [0, 0.1) is 5.92 Å². The minimum Gasteiger partial charge on any atom is -0.490 e. The summed E-state index contributed by atoms with van der Waals surface area (Å²) in [6, 6.07) is 7.57. The average molecular weight is 302 g/mol. The zero-order chi connectivity index (χ0) is 15.4. The maximum Gasteiger partial charge on any atom is 0.251 e. The van der Waals surface area contributed by atoms with Crippen molar-refractivity contribution in [3.63, 3.8) is 0 Å². The summed E-state index contributed by atoms with van der Waals surface area (Å²) in [5.41, 5.74) is 6.67. The fourth-order valence-corrected chi connectivity index (χ4v) is 3.09. The Balaban J connectivity index is 1.53. The molecule has 2 aliphatic rings. The van der Waals surface area contributed by atoms with E-state index in [1.165, 1.54) is 32.1 Å². The molecule has 22 heavy (non-hydrogen) atoms. The third kappa shape index (κ3) is 4.23. The molecule has 4 nitrogen and oxygen atoms in total. The summed E-state index contributed by atoms with van der Waals surface area (Å²) in [7, 11) is 0. The second-order valence-corrected chi connectivity index (χ2v) is 6.62. The van der Waals surface area contributed by atoms with Crippen molar-refractivity contribution < 1.29 is 9.53 Å². The van der Waals surface area contributed by atoms with Crippen LogP contribution < -0.4 is 15.8 Å². The molecule has 3 N–H and O–H groups in total. The van der Waals surface area contributed by atoms with Gasteiger partial charge in [-0.15, -0.1) is 0 Å². The molecule has 0 spiro atoms. The highest BCUT2D eigenvalue weighted by molar-refractivity contribution is 5.94. The Labute approximate surface area is 132 Å². The Bertz CT molecular complexity index is 508. The van der Waals surface area contributed by atoms with Crippen LogP contribution in [-0.4, -0.2) is 24.6 Å². The number of nitrogens with two attached hydrogens (primary N) is 1. The number of hydrogen-bond acceptors (Lipinski definition) is 3. The van der Waals surface area contributed by atoms with Crippen LogP contribution in [0.1, 0.15) is 55.3 Å². The molecule has 1 aromatic carbocycles. The fourth-order valence-electron chi connectivity index (χ4n) is 3.09. The van der Waals surface area contributed by atoms with E-state index < -0.39 is 0 Å². The lowest BCUT2D eigenvalue weighted by Gasteiger charge is -2.23. The smallest absolute Gasteiger partial charge is 0.251 e. The zero-order valence-corrected chi connectivity index (χ0v) is 13.1. The number of carbonyl (C=O) groups excluding carboxylic acids is 1. The van der Waals surface area contributed by atoms with E-state index in [2.05, 4.69) is 5.32 Å². The number of benzene rings is 1. The predicted molar refractivity (Wildman–Crippen MR) is 87.0 cm³/mol. The van der Waals surface area contributed by atoms with Gasteiger partial charge in [0.2, 0.25) is 0 Å². The number of nitrogens with one attached hydrogen (secondary N) is 1. The lowest BCUT2D eigenvalue weighted by Crippen LogP contribution is -2.38. The second-order valence-electron chi connectivity index (χ2n) is 6.62. The van der Waals surface area contributed by atoms with Crippen LogP contribution in [0.2, 0.25) is 0 Å². The SMILES string of the molecule is NC(CNC(=O)c1cccc(OC2CCCCC2)c1)C1CC1. The van der Waals surface area contributed by atoms with Gasteiger partial charge in [0.05, 0.1) is 6.10 Å². The molecule has 120 valence electrons. The predicted octanol–water partition coefficient (Wildman–Crippen LogP) is 2.87. The van der Waals surface area contributed by atoms with Gasteiger partial charge in [-0.2, -0.15) is 0 Å². The van der Waals surface area contributed by atoms with Crippen molar-refractivity contribution in [2.45, 2.75) is 57.1 Å². The van der Waals surface area contributed by atoms with Gasteiger partial charge in [-0.25, -0.2) is 0 Å². The second kappa shape index (κ2) is 7.14. The molecule has 1 aromatic rings. The molecule has 0 heterocycles. The van der Waals surface area contributed by atoms with Crippen LogP contribution >= 0.6 is 0 Å². The fraction of sp³-hybridized carbons (Fsp3) is 0.611. The van der Waals surface area contributed by atoms with E-state index in [0.717, 1.165) is 18.6 Å². The number of ether oxygens (including phenoxy) is 1. The first-order chi connectivity index (χ1) is 10.7. The molecule has 2 fully saturated rings. The normalized spacial score (nSPS) is 20.4. The molecular formula is C18H26N2O2. The molecule has 0 radical (unpaired) electrons. The maximum absolute atomic E-state index is 12.2. The van der Waals surface area contributed by atoms with Crippen molar-refractivity contribution >= 4 is 5.91 Å². The van der Waals surface area contributed by atoms with Gasteiger partial charge < -0.3 is 15.8 Å². The summed E-state index contributed by atoms with van der Waals surface area (Å²) >= 11 is 0. The molecule has 4 heteroatoms. The van der Waals surface area contributed by atoms with Gasteiger partial charge in [0.25, 0.3) is 5.91 Å². The van der Waals surface area contributed by atoms with Crippen molar-refractivity contribution in [3.8, 4) is 5.75 Å². The van der Waals surface area contributed by atoms with E-state index in [1.54, 1.807) is 0 Å². The van der Waals surface area contributed by atoms with Crippen molar-refractivity contribution in [3.05, 3.63) is 29.8 Å².